The Kier molecular flexibility index (Phi) is 6.67. The molecule has 7 heteroatoms. The lowest BCUT2D eigenvalue weighted by Crippen LogP contribution is -2.13. The molecule has 0 fully saturated rings. The van der Waals surface area contributed by atoms with E-state index >= 15 is 0 Å². The number of benzene rings is 2. The van der Waals surface area contributed by atoms with Crippen LogP contribution in [0.15, 0.2) is 42.0 Å². The smallest absolute Gasteiger partial charge is 0.266 e. The van der Waals surface area contributed by atoms with Gasteiger partial charge < -0.3 is 24.3 Å². The van der Waals surface area contributed by atoms with Crippen molar-refractivity contribution in [3.63, 3.8) is 0 Å². The van der Waals surface area contributed by atoms with E-state index in [4.69, 9.17) is 18.9 Å². The van der Waals surface area contributed by atoms with Gasteiger partial charge in [-0.1, -0.05) is 0 Å². The highest BCUT2D eigenvalue weighted by Gasteiger charge is 2.17. The Morgan fingerprint density at radius 3 is 2.11 bits per heavy atom. The van der Waals surface area contributed by atoms with Gasteiger partial charge in [-0.05, 0) is 42.5 Å². The van der Waals surface area contributed by atoms with E-state index in [2.05, 4.69) is 5.32 Å². The molecule has 0 bridgehead atoms. The van der Waals surface area contributed by atoms with E-state index in [1.807, 2.05) is 6.07 Å². The number of anilines is 1. The topological polar surface area (TPSA) is 89.8 Å². The van der Waals surface area contributed by atoms with Gasteiger partial charge in [0.05, 0.1) is 28.4 Å². The van der Waals surface area contributed by atoms with Crippen molar-refractivity contribution in [1.29, 1.82) is 5.26 Å². The molecule has 2 rings (SSSR count). The zero-order valence-corrected chi connectivity index (χ0v) is 15.5. The average molecular weight is 368 g/mol. The van der Waals surface area contributed by atoms with E-state index in [9.17, 15) is 10.1 Å². The van der Waals surface area contributed by atoms with Crippen molar-refractivity contribution in [3.8, 4) is 29.1 Å². The van der Waals surface area contributed by atoms with Crippen LogP contribution in [0.3, 0.4) is 0 Å². The van der Waals surface area contributed by atoms with Gasteiger partial charge in [0.15, 0.2) is 11.5 Å². The summed E-state index contributed by atoms with van der Waals surface area (Å²) >= 11 is 0. The number of nitriles is 1. The van der Waals surface area contributed by atoms with Gasteiger partial charge in [0, 0.05) is 11.3 Å². The molecule has 2 aromatic rings. The predicted octanol–water partition coefficient (Wildman–Crippen LogP) is 3.27. The van der Waals surface area contributed by atoms with Crippen LogP contribution >= 0.6 is 0 Å². The van der Waals surface area contributed by atoms with Crippen LogP contribution in [0, 0.1) is 11.3 Å². The SMILES string of the molecule is COc1ccc(NC(=O)/C(C#N)=C\c2ccc(OC)c(OC)c2OC)cc1. The third-order valence-corrected chi connectivity index (χ3v) is 3.75. The summed E-state index contributed by atoms with van der Waals surface area (Å²) < 4.78 is 21.0. The summed E-state index contributed by atoms with van der Waals surface area (Å²) in [5.74, 6) is 1.34. The maximum Gasteiger partial charge on any atom is 0.266 e. The lowest BCUT2D eigenvalue weighted by molar-refractivity contribution is -0.112. The molecule has 0 heterocycles. The summed E-state index contributed by atoms with van der Waals surface area (Å²) in [6.07, 6.45) is 1.43. The Bertz CT molecular complexity index is 882. The van der Waals surface area contributed by atoms with Crippen LogP contribution in [0.2, 0.25) is 0 Å². The molecule has 0 saturated heterocycles. The second kappa shape index (κ2) is 9.15. The Labute approximate surface area is 157 Å². The first-order valence-electron chi connectivity index (χ1n) is 7.94. The molecule has 27 heavy (non-hydrogen) atoms. The fourth-order valence-electron chi connectivity index (χ4n) is 2.41. The molecule has 2 aromatic carbocycles. The van der Waals surface area contributed by atoms with E-state index in [0.717, 1.165) is 0 Å². The summed E-state index contributed by atoms with van der Waals surface area (Å²) in [5, 5.41) is 12.1. The van der Waals surface area contributed by atoms with Crippen molar-refractivity contribution in [3.05, 3.63) is 47.5 Å². The number of carbonyl (C=O) groups excluding carboxylic acids is 1. The number of nitrogens with one attached hydrogen (secondary N) is 1. The Morgan fingerprint density at radius 1 is 0.926 bits per heavy atom. The molecule has 0 spiro atoms. The average Bonchev–Trinajstić information content (AvgIpc) is 2.71. The molecule has 0 aromatic heterocycles. The van der Waals surface area contributed by atoms with Crippen LogP contribution in [0.1, 0.15) is 5.56 Å². The number of hydrogen-bond acceptors (Lipinski definition) is 6. The van der Waals surface area contributed by atoms with Gasteiger partial charge in [-0.2, -0.15) is 5.26 Å². The standard InChI is InChI=1S/C20H20N2O5/c1-24-16-8-6-15(7-9-16)22-20(23)14(12-21)11-13-5-10-17(25-2)19(27-4)18(13)26-3/h5-11H,1-4H3,(H,22,23)/b14-11-. The van der Waals surface area contributed by atoms with Gasteiger partial charge in [0.25, 0.3) is 5.91 Å². The van der Waals surface area contributed by atoms with Gasteiger partial charge in [0.2, 0.25) is 5.75 Å². The quantitative estimate of drug-likeness (QED) is 0.596. The number of hydrogen-bond donors (Lipinski definition) is 1. The van der Waals surface area contributed by atoms with Crippen LogP contribution in [0.25, 0.3) is 6.08 Å². The van der Waals surface area contributed by atoms with Crippen LogP contribution < -0.4 is 24.3 Å². The molecule has 0 aliphatic carbocycles. The molecule has 1 amide bonds. The molecule has 0 radical (unpaired) electrons. The highest BCUT2D eigenvalue weighted by molar-refractivity contribution is 6.09. The third kappa shape index (κ3) is 4.50. The lowest BCUT2D eigenvalue weighted by atomic mass is 10.1. The Morgan fingerprint density at radius 2 is 1.59 bits per heavy atom. The second-order valence-corrected chi connectivity index (χ2v) is 5.28. The second-order valence-electron chi connectivity index (χ2n) is 5.28. The molecule has 0 atom stereocenters. The van der Waals surface area contributed by atoms with E-state index in [0.29, 0.717) is 34.2 Å². The van der Waals surface area contributed by atoms with Crippen molar-refractivity contribution in [2.75, 3.05) is 33.8 Å². The van der Waals surface area contributed by atoms with Gasteiger partial charge in [-0.3, -0.25) is 4.79 Å². The van der Waals surface area contributed by atoms with E-state index < -0.39 is 5.91 Å². The summed E-state index contributed by atoms with van der Waals surface area (Å²) in [6, 6.07) is 12.0. The molecule has 0 saturated carbocycles. The predicted molar refractivity (Wildman–Crippen MR) is 101 cm³/mol. The largest absolute Gasteiger partial charge is 0.497 e. The monoisotopic (exact) mass is 368 g/mol. The van der Waals surface area contributed by atoms with Crippen molar-refractivity contribution < 1.29 is 23.7 Å². The zero-order chi connectivity index (χ0) is 19.8. The van der Waals surface area contributed by atoms with Gasteiger partial charge in [0.1, 0.15) is 17.4 Å². The summed E-state index contributed by atoms with van der Waals surface area (Å²) in [5.41, 5.74) is 0.967. The first-order valence-corrected chi connectivity index (χ1v) is 7.94. The summed E-state index contributed by atoms with van der Waals surface area (Å²) in [6.45, 7) is 0. The van der Waals surface area contributed by atoms with Gasteiger partial charge >= 0.3 is 0 Å². The molecule has 0 aliphatic rings. The van der Waals surface area contributed by atoms with Crippen molar-refractivity contribution in [1.82, 2.24) is 0 Å². The van der Waals surface area contributed by atoms with Crippen LogP contribution in [-0.4, -0.2) is 34.3 Å². The molecule has 7 nitrogen and oxygen atoms in total. The summed E-state index contributed by atoms with van der Waals surface area (Å²) in [7, 11) is 6.02. The fourth-order valence-corrected chi connectivity index (χ4v) is 2.41. The van der Waals surface area contributed by atoms with Crippen molar-refractivity contribution in [2.24, 2.45) is 0 Å². The number of rotatable bonds is 7. The first-order chi connectivity index (χ1) is 13.1. The molecule has 0 unspecified atom stereocenters. The Hall–Kier alpha value is -3.66. The van der Waals surface area contributed by atoms with E-state index in [-0.39, 0.29) is 5.57 Å². The number of carbonyl (C=O) groups is 1. The molecular formula is C20H20N2O5. The number of nitrogens with zero attached hydrogens (tertiary/aromatic N) is 1. The van der Waals surface area contributed by atoms with Crippen LogP contribution in [0.5, 0.6) is 23.0 Å². The molecule has 140 valence electrons. The molecule has 1 N–H and O–H groups in total. The number of methoxy groups -OCH3 is 4. The maximum atomic E-state index is 12.4. The number of ether oxygens (including phenoxy) is 4. The van der Waals surface area contributed by atoms with E-state index in [1.54, 1.807) is 43.5 Å². The zero-order valence-electron chi connectivity index (χ0n) is 15.5. The van der Waals surface area contributed by atoms with Gasteiger partial charge in [-0.25, -0.2) is 0 Å². The Balaban J connectivity index is 2.34. The van der Waals surface area contributed by atoms with Crippen molar-refractivity contribution in [2.45, 2.75) is 0 Å². The number of amides is 1. The fraction of sp³-hybridized carbons (Fsp3) is 0.200. The minimum Gasteiger partial charge on any atom is -0.497 e. The minimum atomic E-state index is -0.542. The maximum absolute atomic E-state index is 12.4. The van der Waals surface area contributed by atoms with Gasteiger partial charge in [-0.15, -0.1) is 0 Å². The summed E-state index contributed by atoms with van der Waals surface area (Å²) in [4.78, 5) is 12.4. The third-order valence-electron chi connectivity index (χ3n) is 3.75. The van der Waals surface area contributed by atoms with E-state index in [1.165, 1.54) is 27.4 Å². The van der Waals surface area contributed by atoms with Crippen LogP contribution in [-0.2, 0) is 4.79 Å². The first kappa shape index (κ1) is 19.7. The van der Waals surface area contributed by atoms with Crippen LogP contribution in [0.4, 0.5) is 5.69 Å². The minimum absolute atomic E-state index is 0.0867. The molecular weight excluding hydrogens is 348 g/mol. The van der Waals surface area contributed by atoms with Crippen molar-refractivity contribution >= 4 is 17.7 Å². The lowest BCUT2D eigenvalue weighted by Gasteiger charge is -2.14. The normalized spacial score (nSPS) is 10.6. The highest BCUT2D eigenvalue weighted by atomic mass is 16.5. The molecule has 0 aliphatic heterocycles. The highest BCUT2D eigenvalue weighted by Crippen LogP contribution is 2.40.